The molecule has 1 heterocycles. The molecule has 21 heavy (non-hydrogen) atoms. The Kier molecular flexibility index (Phi) is 6.51. The third kappa shape index (κ3) is 4.69. The molecule has 1 saturated heterocycles. The average molecular weight is 376 g/mol. The van der Waals surface area contributed by atoms with E-state index in [1.165, 1.54) is 0 Å². The van der Waals surface area contributed by atoms with Gasteiger partial charge in [-0.25, -0.2) is 0 Å². The molecule has 0 aliphatic carbocycles. The average Bonchev–Trinajstić information content (AvgIpc) is 2.92. The third-order valence-corrected chi connectivity index (χ3v) is 4.90. The van der Waals surface area contributed by atoms with Gasteiger partial charge in [0.05, 0.1) is 13.2 Å². The molecule has 0 radical (unpaired) electrons. The molecule has 6 heteroatoms. The topological polar surface area (TPSA) is 41.9 Å². The summed E-state index contributed by atoms with van der Waals surface area (Å²) < 4.78 is 11.1. The summed E-state index contributed by atoms with van der Waals surface area (Å²) in [6.07, 6.45) is 2.66. The first-order valence-electron chi connectivity index (χ1n) is 7.01. The van der Waals surface area contributed by atoms with E-state index in [9.17, 15) is 5.11 Å². The molecule has 0 aromatic heterocycles. The molecule has 4 nitrogen and oxygen atoms in total. The fraction of sp³-hybridized carbons (Fsp3) is 0.600. The number of hydrogen-bond donors (Lipinski definition) is 1. The van der Waals surface area contributed by atoms with Crippen LogP contribution in [0.5, 0.6) is 11.5 Å². The maximum Gasteiger partial charge on any atom is 0.162 e. The number of aliphatic hydroxyl groups is 1. The molecule has 118 valence electrons. The second kappa shape index (κ2) is 8.15. The molecule has 1 unspecified atom stereocenters. The van der Waals surface area contributed by atoms with Gasteiger partial charge in [0.2, 0.25) is 0 Å². The first kappa shape index (κ1) is 16.8. The summed E-state index contributed by atoms with van der Waals surface area (Å²) in [6.45, 7) is 2.34. The van der Waals surface area contributed by atoms with Crippen molar-refractivity contribution in [2.24, 2.45) is 0 Å². The van der Waals surface area contributed by atoms with E-state index in [1.54, 1.807) is 18.9 Å². The van der Waals surface area contributed by atoms with E-state index in [0.717, 1.165) is 25.2 Å². The smallest absolute Gasteiger partial charge is 0.162 e. The Morgan fingerprint density at radius 3 is 2.90 bits per heavy atom. The van der Waals surface area contributed by atoms with Gasteiger partial charge >= 0.3 is 0 Å². The zero-order chi connectivity index (χ0) is 15.2. The number of hydrogen-bond acceptors (Lipinski definition) is 5. The molecule has 2 atom stereocenters. The maximum atomic E-state index is 9.73. The Balaban J connectivity index is 2.02. The van der Waals surface area contributed by atoms with E-state index < -0.39 is 6.10 Å². The lowest BCUT2D eigenvalue weighted by atomic mass is 10.2. The molecule has 0 amide bonds. The Morgan fingerprint density at radius 2 is 2.29 bits per heavy atom. The van der Waals surface area contributed by atoms with E-state index in [4.69, 9.17) is 9.47 Å². The molecule has 1 fully saturated rings. The van der Waals surface area contributed by atoms with Crippen LogP contribution in [0.4, 0.5) is 5.69 Å². The molecular formula is C15H22BrNO3S. The van der Waals surface area contributed by atoms with Crippen LogP contribution in [-0.4, -0.2) is 54.9 Å². The summed E-state index contributed by atoms with van der Waals surface area (Å²) >= 11 is 5.26. The van der Waals surface area contributed by atoms with Crippen molar-refractivity contribution in [2.45, 2.75) is 17.4 Å². The molecule has 1 aliphatic rings. The molecule has 0 saturated carbocycles. The number of benzene rings is 1. The number of alkyl halides is 1. The summed E-state index contributed by atoms with van der Waals surface area (Å²) in [5, 5.41) is 9.73. The largest absolute Gasteiger partial charge is 0.493 e. The van der Waals surface area contributed by atoms with Crippen molar-refractivity contribution in [1.29, 1.82) is 0 Å². The van der Waals surface area contributed by atoms with Gasteiger partial charge in [0.25, 0.3) is 0 Å². The fourth-order valence-corrected chi connectivity index (χ4v) is 3.39. The highest BCUT2D eigenvalue weighted by Crippen LogP contribution is 2.34. The van der Waals surface area contributed by atoms with Crippen molar-refractivity contribution < 1.29 is 14.6 Å². The minimum Gasteiger partial charge on any atom is -0.493 e. The lowest BCUT2D eigenvalue weighted by Gasteiger charge is -2.20. The molecule has 0 bridgehead atoms. The molecule has 1 aromatic carbocycles. The van der Waals surface area contributed by atoms with Crippen LogP contribution in [0.25, 0.3) is 0 Å². The van der Waals surface area contributed by atoms with Crippen molar-refractivity contribution in [3.05, 3.63) is 18.2 Å². The highest BCUT2D eigenvalue weighted by atomic mass is 79.9. The van der Waals surface area contributed by atoms with Crippen molar-refractivity contribution >= 4 is 33.4 Å². The van der Waals surface area contributed by atoms with Crippen molar-refractivity contribution in [1.82, 2.24) is 0 Å². The van der Waals surface area contributed by atoms with Crippen LogP contribution in [-0.2, 0) is 0 Å². The predicted molar refractivity (Wildman–Crippen MR) is 92.4 cm³/mol. The van der Waals surface area contributed by atoms with Crippen LogP contribution in [0, 0.1) is 0 Å². The van der Waals surface area contributed by atoms with Gasteiger partial charge in [-0.15, -0.1) is 0 Å². The van der Waals surface area contributed by atoms with Crippen LogP contribution >= 0.6 is 27.7 Å². The van der Waals surface area contributed by atoms with Crippen LogP contribution in [0.2, 0.25) is 0 Å². The molecule has 2 rings (SSSR count). The highest BCUT2D eigenvalue weighted by Gasteiger charge is 2.21. The fourth-order valence-electron chi connectivity index (χ4n) is 2.35. The lowest BCUT2D eigenvalue weighted by Crippen LogP contribution is -2.21. The Hall–Kier alpha value is -0.590. The van der Waals surface area contributed by atoms with E-state index in [2.05, 4.69) is 20.8 Å². The molecule has 1 aliphatic heterocycles. The monoisotopic (exact) mass is 375 g/mol. The van der Waals surface area contributed by atoms with Crippen molar-refractivity contribution in [3.63, 3.8) is 0 Å². The van der Waals surface area contributed by atoms with Crippen molar-refractivity contribution in [2.75, 3.05) is 43.7 Å². The van der Waals surface area contributed by atoms with Gasteiger partial charge in [0, 0.05) is 35.4 Å². The summed E-state index contributed by atoms with van der Waals surface area (Å²) in [6, 6.07) is 5.96. The first-order valence-corrected chi connectivity index (χ1v) is 9.32. The second-order valence-corrected chi connectivity index (χ2v) is 7.29. The molecular weight excluding hydrogens is 354 g/mol. The number of ether oxygens (including phenoxy) is 2. The number of halogens is 1. The first-order chi connectivity index (χ1) is 10.1. The van der Waals surface area contributed by atoms with Gasteiger partial charge in [-0.1, -0.05) is 15.9 Å². The zero-order valence-corrected chi connectivity index (χ0v) is 14.8. The number of thioether (sulfide) groups is 1. The zero-order valence-electron chi connectivity index (χ0n) is 12.4. The van der Waals surface area contributed by atoms with E-state index in [0.29, 0.717) is 22.1 Å². The summed E-state index contributed by atoms with van der Waals surface area (Å²) in [7, 11) is 1.64. The van der Waals surface area contributed by atoms with Gasteiger partial charge in [0.15, 0.2) is 11.5 Å². The SMILES string of the molecule is COc1cc(N2CCC(Br)C2)ccc1OC[C@H](O)CSC. The highest BCUT2D eigenvalue weighted by molar-refractivity contribution is 9.09. The van der Waals surface area contributed by atoms with E-state index in [1.807, 2.05) is 24.5 Å². The lowest BCUT2D eigenvalue weighted by molar-refractivity contribution is 0.124. The molecule has 1 aromatic rings. The summed E-state index contributed by atoms with van der Waals surface area (Å²) in [5.41, 5.74) is 1.14. The minimum atomic E-state index is -0.461. The van der Waals surface area contributed by atoms with Gasteiger partial charge in [0.1, 0.15) is 6.61 Å². The number of aliphatic hydroxyl groups excluding tert-OH is 1. The number of nitrogens with zero attached hydrogens (tertiary/aromatic N) is 1. The van der Waals surface area contributed by atoms with Gasteiger partial charge in [-0.3, -0.25) is 0 Å². The van der Waals surface area contributed by atoms with E-state index in [-0.39, 0.29) is 6.61 Å². The van der Waals surface area contributed by atoms with Crippen molar-refractivity contribution in [3.8, 4) is 11.5 Å². The van der Waals surface area contributed by atoms with Gasteiger partial charge < -0.3 is 19.5 Å². The Bertz CT molecular complexity index is 461. The maximum absolute atomic E-state index is 9.73. The minimum absolute atomic E-state index is 0.281. The quantitative estimate of drug-likeness (QED) is 0.742. The van der Waals surface area contributed by atoms with Gasteiger partial charge in [-0.2, -0.15) is 11.8 Å². The third-order valence-electron chi connectivity index (χ3n) is 3.43. The summed E-state index contributed by atoms with van der Waals surface area (Å²) in [4.78, 5) is 2.88. The van der Waals surface area contributed by atoms with Crippen LogP contribution < -0.4 is 14.4 Å². The Morgan fingerprint density at radius 1 is 1.48 bits per heavy atom. The standard InChI is InChI=1S/C15H22BrNO3S/c1-19-15-7-12(17-6-5-11(16)8-17)3-4-14(15)20-9-13(18)10-21-2/h3-4,7,11,13,18H,5-6,8-10H2,1-2H3/t11?,13-/m0/s1. The number of methoxy groups -OCH3 is 1. The van der Waals surface area contributed by atoms with Crippen LogP contribution in [0.15, 0.2) is 18.2 Å². The second-order valence-electron chi connectivity index (χ2n) is 5.09. The van der Waals surface area contributed by atoms with Gasteiger partial charge in [-0.05, 0) is 24.8 Å². The number of anilines is 1. The number of rotatable bonds is 7. The molecule has 1 N–H and O–H groups in total. The molecule has 0 spiro atoms. The van der Waals surface area contributed by atoms with E-state index >= 15 is 0 Å². The predicted octanol–water partition coefficient (Wildman–Crippen LogP) is 2.77. The van der Waals surface area contributed by atoms with Crippen LogP contribution in [0.3, 0.4) is 0 Å². The van der Waals surface area contributed by atoms with Crippen LogP contribution in [0.1, 0.15) is 6.42 Å². The Labute approximate surface area is 138 Å². The normalized spacial score (nSPS) is 19.6. The summed E-state index contributed by atoms with van der Waals surface area (Å²) in [5.74, 6) is 2.05.